The Labute approximate surface area is 206 Å². The summed E-state index contributed by atoms with van der Waals surface area (Å²) < 4.78 is 27.3. The minimum atomic E-state index is -3.83. The molecule has 182 valence electrons. The number of nitrogens with one attached hydrogen (secondary N) is 2. The normalized spacial score (nSPS) is 12.4. The third kappa shape index (κ3) is 7.70. The summed E-state index contributed by atoms with van der Waals surface area (Å²) in [5.74, 6) is -0.792. The fourth-order valence-corrected chi connectivity index (χ4v) is 4.44. The number of Topliss-reactive ketones (excluding diaryl/α,β-unsaturated/α-hetero) is 1. The van der Waals surface area contributed by atoms with Gasteiger partial charge in [-0.2, -0.15) is 0 Å². The van der Waals surface area contributed by atoms with Crippen molar-refractivity contribution in [3.63, 3.8) is 0 Å². The van der Waals surface area contributed by atoms with Gasteiger partial charge in [0.15, 0.2) is 5.78 Å². The van der Waals surface area contributed by atoms with Gasteiger partial charge in [0.2, 0.25) is 10.0 Å². The number of ketones is 1. The molecule has 0 aliphatic rings. The number of rotatable bonds is 12. The van der Waals surface area contributed by atoms with E-state index in [0.717, 1.165) is 12.1 Å². The molecule has 1 aromatic heterocycles. The van der Waals surface area contributed by atoms with E-state index in [1.54, 1.807) is 42.6 Å². The third-order valence-corrected chi connectivity index (χ3v) is 6.77. The Morgan fingerprint density at radius 2 is 1.66 bits per heavy atom. The van der Waals surface area contributed by atoms with Crippen LogP contribution < -0.4 is 10.0 Å². The highest BCUT2D eigenvalue weighted by molar-refractivity contribution is 7.89. The van der Waals surface area contributed by atoms with E-state index in [9.17, 15) is 18.0 Å². The summed E-state index contributed by atoms with van der Waals surface area (Å²) in [4.78, 5) is 30.4. The number of hydrogen-bond donors (Lipinski definition) is 2. The van der Waals surface area contributed by atoms with Crippen LogP contribution in [0.15, 0.2) is 83.9 Å². The average Bonchev–Trinajstić information content (AvgIpc) is 2.89. The molecule has 1 amide bonds. The zero-order chi connectivity index (χ0) is 25.1. The van der Waals surface area contributed by atoms with Crippen LogP contribution in [0.4, 0.5) is 0 Å². The van der Waals surface area contributed by atoms with E-state index in [4.69, 9.17) is 0 Å². The van der Waals surface area contributed by atoms with Crippen LogP contribution in [0.5, 0.6) is 0 Å². The van der Waals surface area contributed by atoms with Crippen LogP contribution in [-0.2, 0) is 14.8 Å². The maximum atomic E-state index is 13.1. The first kappa shape index (κ1) is 26.0. The van der Waals surface area contributed by atoms with Gasteiger partial charge in [0.05, 0.1) is 23.2 Å². The van der Waals surface area contributed by atoms with Crippen molar-refractivity contribution in [1.29, 1.82) is 0 Å². The summed E-state index contributed by atoms with van der Waals surface area (Å²) in [6.07, 6.45) is 7.26. The molecule has 2 N–H and O–H groups in total. The Morgan fingerprint density at radius 1 is 0.943 bits per heavy atom. The predicted molar refractivity (Wildman–Crippen MR) is 137 cm³/mol. The minimum absolute atomic E-state index is 0.0792. The van der Waals surface area contributed by atoms with Crippen molar-refractivity contribution in [2.24, 2.45) is 0 Å². The van der Waals surface area contributed by atoms with Gasteiger partial charge < -0.3 is 5.32 Å². The molecule has 0 fully saturated rings. The first-order valence-corrected chi connectivity index (χ1v) is 13.0. The molecular formula is C27H29N3O4S. The zero-order valence-electron chi connectivity index (χ0n) is 19.6. The van der Waals surface area contributed by atoms with Crippen molar-refractivity contribution < 1.29 is 18.0 Å². The number of amides is 1. The van der Waals surface area contributed by atoms with Crippen molar-refractivity contribution in [2.45, 2.75) is 37.1 Å². The summed E-state index contributed by atoms with van der Waals surface area (Å²) in [5.41, 5.74) is 1.85. The monoisotopic (exact) mass is 491 g/mol. The first-order valence-electron chi connectivity index (χ1n) is 11.5. The van der Waals surface area contributed by atoms with E-state index in [1.165, 1.54) is 12.1 Å². The lowest BCUT2D eigenvalue weighted by molar-refractivity contribution is -0.120. The highest BCUT2D eigenvalue weighted by atomic mass is 32.2. The Hall–Kier alpha value is -3.62. The molecule has 2 aromatic carbocycles. The lowest BCUT2D eigenvalue weighted by atomic mass is 10.0. The molecule has 8 heteroatoms. The quantitative estimate of drug-likeness (QED) is 0.397. The van der Waals surface area contributed by atoms with Crippen LogP contribution in [0.3, 0.4) is 0 Å². The van der Waals surface area contributed by atoms with Crippen molar-refractivity contribution >= 4 is 33.9 Å². The molecule has 0 saturated carbocycles. The SMILES string of the molecule is CCCC[C@H](NC(=O)c1ccccc1C=Cc1ccccn1)C(=O)CNS(=O)(=O)c1ccccc1. The Kier molecular flexibility index (Phi) is 9.46. The molecule has 0 aliphatic heterocycles. The molecule has 0 radical (unpaired) electrons. The highest BCUT2D eigenvalue weighted by Crippen LogP contribution is 2.14. The Morgan fingerprint density at radius 3 is 2.37 bits per heavy atom. The van der Waals surface area contributed by atoms with Crippen LogP contribution in [0.25, 0.3) is 12.2 Å². The summed E-state index contributed by atoms with van der Waals surface area (Å²) in [6.45, 7) is 1.58. The molecule has 7 nitrogen and oxygen atoms in total. The fraction of sp³-hybridized carbons (Fsp3) is 0.222. The molecule has 0 saturated heterocycles. The second-order valence-electron chi connectivity index (χ2n) is 7.95. The summed E-state index contributed by atoms with van der Waals surface area (Å²) in [6, 6.07) is 19.7. The van der Waals surface area contributed by atoms with Gasteiger partial charge in [-0.3, -0.25) is 14.6 Å². The lowest BCUT2D eigenvalue weighted by Crippen LogP contribution is -2.45. The Balaban J connectivity index is 1.72. The van der Waals surface area contributed by atoms with Gasteiger partial charge in [0, 0.05) is 11.8 Å². The zero-order valence-corrected chi connectivity index (χ0v) is 20.4. The molecule has 0 bridgehead atoms. The first-order chi connectivity index (χ1) is 16.9. The van der Waals surface area contributed by atoms with Gasteiger partial charge in [0.1, 0.15) is 0 Å². The van der Waals surface area contributed by atoms with Gasteiger partial charge in [-0.15, -0.1) is 0 Å². The number of hydrogen-bond acceptors (Lipinski definition) is 5. The molecular weight excluding hydrogens is 462 g/mol. The van der Waals surface area contributed by atoms with Crippen molar-refractivity contribution in [2.75, 3.05) is 6.54 Å². The molecule has 0 unspecified atom stereocenters. The molecule has 0 aliphatic carbocycles. The van der Waals surface area contributed by atoms with Crippen molar-refractivity contribution in [1.82, 2.24) is 15.0 Å². The van der Waals surface area contributed by atoms with Gasteiger partial charge in [-0.05, 0) is 48.4 Å². The lowest BCUT2D eigenvalue weighted by Gasteiger charge is -2.18. The van der Waals surface area contributed by atoms with Crippen LogP contribution in [0.2, 0.25) is 0 Å². The van der Waals surface area contributed by atoms with Gasteiger partial charge in [0.25, 0.3) is 5.91 Å². The average molecular weight is 492 g/mol. The van der Waals surface area contributed by atoms with Crippen molar-refractivity contribution in [3.05, 3.63) is 95.8 Å². The maximum Gasteiger partial charge on any atom is 0.252 e. The minimum Gasteiger partial charge on any atom is -0.342 e. The predicted octanol–water partition coefficient (Wildman–Crippen LogP) is 4.09. The van der Waals surface area contributed by atoms with Crippen LogP contribution in [0.1, 0.15) is 47.8 Å². The van der Waals surface area contributed by atoms with Crippen LogP contribution in [-0.4, -0.2) is 37.7 Å². The van der Waals surface area contributed by atoms with Crippen LogP contribution >= 0.6 is 0 Å². The largest absolute Gasteiger partial charge is 0.342 e. The van der Waals surface area contributed by atoms with Gasteiger partial charge in [-0.1, -0.05) is 68.3 Å². The number of benzene rings is 2. The van der Waals surface area contributed by atoms with Crippen LogP contribution in [0, 0.1) is 0 Å². The summed E-state index contributed by atoms with van der Waals surface area (Å²) in [5, 5.41) is 2.81. The molecule has 0 spiro atoms. The molecule has 1 atom stereocenters. The molecule has 1 heterocycles. The summed E-state index contributed by atoms with van der Waals surface area (Å²) in [7, 11) is -3.83. The van der Waals surface area contributed by atoms with E-state index >= 15 is 0 Å². The third-order valence-electron chi connectivity index (χ3n) is 5.36. The topological polar surface area (TPSA) is 105 Å². The van der Waals surface area contributed by atoms with E-state index in [1.807, 2.05) is 43.3 Å². The van der Waals surface area contributed by atoms with E-state index in [2.05, 4.69) is 15.0 Å². The second kappa shape index (κ2) is 12.7. The Bertz CT molecular complexity index is 1260. The van der Waals surface area contributed by atoms with E-state index in [0.29, 0.717) is 24.0 Å². The maximum absolute atomic E-state index is 13.1. The van der Waals surface area contributed by atoms with Gasteiger partial charge in [-0.25, -0.2) is 13.1 Å². The summed E-state index contributed by atoms with van der Waals surface area (Å²) >= 11 is 0. The smallest absolute Gasteiger partial charge is 0.252 e. The number of aromatic nitrogens is 1. The number of unbranched alkanes of at least 4 members (excludes halogenated alkanes) is 1. The molecule has 3 aromatic rings. The van der Waals surface area contributed by atoms with Gasteiger partial charge >= 0.3 is 0 Å². The highest BCUT2D eigenvalue weighted by Gasteiger charge is 2.24. The number of sulfonamides is 1. The van der Waals surface area contributed by atoms with E-state index < -0.39 is 34.3 Å². The standard InChI is InChI=1S/C27H29N3O4S/c1-2-3-16-25(26(31)20-29-35(33,34)23-13-5-4-6-14-23)30-27(32)24-15-8-7-11-21(24)17-18-22-12-9-10-19-28-22/h4-15,17-19,25,29H,2-3,16,20H2,1H3,(H,30,32)/t25-/m0/s1. The van der Waals surface area contributed by atoms with Crippen molar-refractivity contribution in [3.8, 4) is 0 Å². The van der Waals surface area contributed by atoms with E-state index in [-0.39, 0.29) is 4.90 Å². The fourth-order valence-electron chi connectivity index (χ4n) is 3.43. The number of carbonyl (C=O) groups is 2. The number of carbonyl (C=O) groups excluding carboxylic acids is 2. The second-order valence-corrected chi connectivity index (χ2v) is 9.71. The number of pyridine rings is 1. The number of nitrogens with zero attached hydrogens (tertiary/aromatic N) is 1. The molecule has 35 heavy (non-hydrogen) atoms. The molecule has 3 rings (SSSR count).